The number of carbonyl (C=O) groups is 1. The number of nitrogens with two attached hydrogens (primary N) is 1. The van der Waals surface area contributed by atoms with Crippen molar-refractivity contribution in [3.05, 3.63) is 41.5 Å². The number of Topliss-reactive ketones (excluding diaryl/α,β-unsaturated/α-hetero) is 1. The van der Waals surface area contributed by atoms with Crippen molar-refractivity contribution in [3.63, 3.8) is 0 Å². The molecule has 2 aromatic rings. The Kier molecular flexibility index (Phi) is 2.62. The quantitative estimate of drug-likeness (QED) is 0.755. The van der Waals surface area contributed by atoms with E-state index in [0.717, 1.165) is 16.3 Å². The van der Waals surface area contributed by atoms with Gasteiger partial charge in [-0.2, -0.15) is 0 Å². The molecule has 0 aliphatic rings. The van der Waals surface area contributed by atoms with E-state index < -0.39 is 0 Å². The Hall–Kier alpha value is -1.87. The molecule has 2 rings (SSSR count). The molecule has 0 amide bonds. The predicted molar refractivity (Wildman–Crippen MR) is 63.5 cm³/mol. The van der Waals surface area contributed by atoms with Crippen molar-refractivity contribution in [3.8, 4) is 5.75 Å². The van der Waals surface area contributed by atoms with E-state index in [1.54, 1.807) is 12.1 Å². The zero-order valence-electron chi connectivity index (χ0n) is 9.03. The number of phenolic OH excluding ortho intramolecular Hbond substituents is 1. The summed E-state index contributed by atoms with van der Waals surface area (Å²) in [5, 5.41) is 11.5. The van der Waals surface area contributed by atoms with Crippen LogP contribution in [0.15, 0.2) is 30.3 Å². The Bertz CT molecular complexity index is 561. The molecular weight excluding hydrogens is 202 g/mol. The Morgan fingerprint density at radius 1 is 1.25 bits per heavy atom. The van der Waals surface area contributed by atoms with E-state index in [2.05, 4.69) is 0 Å². The molecule has 0 unspecified atom stereocenters. The van der Waals surface area contributed by atoms with Gasteiger partial charge >= 0.3 is 0 Å². The fraction of sp³-hybridized carbons (Fsp3) is 0.154. The monoisotopic (exact) mass is 215 g/mol. The highest BCUT2D eigenvalue weighted by Crippen LogP contribution is 2.26. The molecule has 0 spiro atoms. The highest BCUT2D eigenvalue weighted by atomic mass is 16.3. The molecule has 0 heterocycles. The first kappa shape index (κ1) is 10.6. The first-order chi connectivity index (χ1) is 7.61. The molecule has 3 heteroatoms. The van der Waals surface area contributed by atoms with Crippen LogP contribution in [-0.2, 0) is 6.54 Å². The smallest absolute Gasteiger partial charge is 0.163 e. The van der Waals surface area contributed by atoms with Crippen LogP contribution in [0.3, 0.4) is 0 Å². The second-order valence-corrected chi connectivity index (χ2v) is 3.81. The number of fused-ring (bicyclic) bond motifs is 1. The second-order valence-electron chi connectivity index (χ2n) is 3.81. The first-order valence-electron chi connectivity index (χ1n) is 5.08. The van der Waals surface area contributed by atoms with Crippen LogP contribution in [0, 0.1) is 0 Å². The molecule has 3 nitrogen and oxygen atoms in total. The minimum absolute atomic E-state index is 0.0282. The van der Waals surface area contributed by atoms with Crippen LogP contribution >= 0.6 is 0 Å². The summed E-state index contributed by atoms with van der Waals surface area (Å²) in [6.45, 7) is 1.90. The van der Waals surface area contributed by atoms with Crippen LogP contribution < -0.4 is 5.73 Å². The minimum Gasteiger partial charge on any atom is -0.507 e. The maximum atomic E-state index is 11.3. The third kappa shape index (κ3) is 1.77. The first-order valence-corrected chi connectivity index (χ1v) is 5.08. The third-order valence-electron chi connectivity index (χ3n) is 2.63. The summed E-state index contributed by atoms with van der Waals surface area (Å²) in [7, 11) is 0. The van der Waals surface area contributed by atoms with Crippen molar-refractivity contribution in [1.82, 2.24) is 0 Å². The molecule has 82 valence electrons. The van der Waals surface area contributed by atoms with Crippen molar-refractivity contribution >= 4 is 16.6 Å². The van der Waals surface area contributed by atoms with Crippen molar-refractivity contribution in [2.24, 2.45) is 5.73 Å². The Labute approximate surface area is 93.5 Å². The van der Waals surface area contributed by atoms with Gasteiger partial charge in [-0.15, -0.1) is 0 Å². The van der Waals surface area contributed by atoms with E-state index in [-0.39, 0.29) is 11.5 Å². The van der Waals surface area contributed by atoms with Crippen LogP contribution in [0.2, 0.25) is 0 Å². The van der Waals surface area contributed by atoms with Crippen molar-refractivity contribution in [1.29, 1.82) is 0 Å². The maximum Gasteiger partial charge on any atom is 0.163 e. The normalized spacial score (nSPS) is 10.6. The average Bonchev–Trinajstić information content (AvgIpc) is 2.27. The molecule has 2 aromatic carbocycles. The van der Waals surface area contributed by atoms with Crippen LogP contribution in [0.5, 0.6) is 5.75 Å². The largest absolute Gasteiger partial charge is 0.507 e. The fourth-order valence-corrected chi connectivity index (χ4v) is 1.74. The number of rotatable bonds is 2. The molecule has 3 N–H and O–H groups in total. The number of carbonyl (C=O) groups excluding carboxylic acids is 1. The lowest BCUT2D eigenvalue weighted by atomic mass is 10.0. The lowest BCUT2D eigenvalue weighted by Gasteiger charge is -2.05. The summed E-state index contributed by atoms with van der Waals surface area (Å²) in [5.41, 5.74) is 6.91. The van der Waals surface area contributed by atoms with Gasteiger partial charge in [0.25, 0.3) is 0 Å². The number of hydrogen-bond donors (Lipinski definition) is 2. The molecule has 0 fully saturated rings. The number of phenols is 1. The zero-order chi connectivity index (χ0) is 11.7. The van der Waals surface area contributed by atoms with Gasteiger partial charge in [0.2, 0.25) is 0 Å². The molecule has 0 atom stereocenters. The molecule has 0 aromatic heterocycles. The lowest BCUT2D eigenvalue weighted by molar-refractivity contribution is 0.101. The molecule has 0 saturated carbocycles. The van der Waals surface area contributed by atoms with Gasteiger partial charge in [0.1, 0.15) is 5.75 Å². The summed E-state index contributed by atoms with van der Waals surface area (Å²) in [6, 6.07) is 9.04. The molecular formula is C13H13NO2. The number of aromatic hydroxyl groups is 1. The minimum atomic E-state index is -0.141. The van der Waals surface area contributed by atoms with Crippen LogP contribution in [0.1, 0.15) is 22.8 Å². The number of ketones is 1. The fourth-order valence-electron chi connectivity index (χ4n) is 1.74. The summed E-state index contributed by atoms with van der Waals surface area (Å²) >= 11 is 0. The zero-order valence-corrected chi connectivity index (χ0v) is 9.03. The molecule has 0 bridgehead atoms. The van der Waals surface area contributed by atoms with Crippen molar-refractivity contribution in [2.75, 3.05) is 0 Å². The maximum absolute atomic E-state index is 11.3. The van der Waals surface area contributed by atoms with Crippen LogP contribution in [-0.4, -0.2) is 10.9 Å². The standard InChI is InChI=1S/C13H13NO2/c1-8(15)12-5-11-4-9(7-14)2-3-10(11)6-13(12)16/h2-6,16H,7,14H2,1H3. The van der Waals surface area contributed by atoms with E-state index in [0.29, 0.717) is 12.1 Å². The van der Waals surface area contributed by atoms with E-state index in [1.165, 1.54) is 6.92 Å². The van der Waals surface area contributed by atoms with E-state index in [4.69, 9.17) is 5.73 Å². The Balaban J connectivity index is 2.70. The molecule has 0 aliphatic heterocycles. The predicted octanol–water partition coefficient (Wildman–Crippen LogP) is 2.21. The van der Waals surface area contributed by atoms with Crippen LogP contribution in [0.25, 0.3) is 10.8 Å². The summed E-state index contributed by atoms with van der Waals surface area (Å²) in [6.07, 6.45) is 0. The van der Waals surface area contributed by atoms with Crippen molar-refractivity contribution < 1.29 is 9.90 Å². The van der Waals surface area contributed by atoms with Gasteiger partial charge in [-0.25, -0.2) is 0 Å². The van der Waals surface area contributed by atoms with Crippen molar-refractivity contribution in [2.45, 2.75) is 13.5 Å². The van der Waals surface area contributed by atoms with Gasteiger partial charge in [-0.05, 0) is 41.5 Å². The van der Waals surface area contributed by atoms with Gasteiger partial charge in [-0.3, -0.25) is 4.79 Å². The van der Waals surface area contributed by atoms with Gasteiger partial charge in [0.05, 0.1) is 5.56 Å². The van der Waals surface area contributed by atoms with E-state index in [1.807, 2.05) is 18.2 Å². The lowest BCUT2D eigenvalue weighted by Crippen LogP contribution is -1.96. The summed E-state index contributed by atoms with van der Waals surface area (Å²) < 4.78 is 0. The van der Waals surface area contributed by atoms with Gasteiger partial charge in [0.15, 0.2) is 5.78 Å². The third-order valence-corrected chi connectivity index (χ3v) is 2.63. The molecule has 0 radical (unpaired) electrons. The second kappa shape index (κ2) is 3.94. The summed E-state index contributed by atoms with van der Waals surface area (Å²) in [4.78, 5) is 11.3. The van der Waals surface area contributed by atoms with Gasteiger partial charge in [-0.1, -0.05) is 12.1 Å². The average molecular weight is 215 g/mol. The Morgan fingerprint density at radius 3 is 2.62 bits per heavy atom. The van der Waals surface area contributed by atoms with Gasteiger partial charge in [0, 0.05) is 6.54 Å². The molecule has 0 saturated heterocycles. The highest BCUT2D eigenvalue weighted by molar-refractivity contribution is 6.01. The topological polar surface area (TPSA) is 63.3 Å². The highest BCUT2D eigenvalue weighted by Gasteiger charge is 2.08. The summed E-state index contributed by atoms with van der Waals surface area (Å²) in [5.74, 6) is -0.113. The van der Waals surface area contributed by atoms with E-state index >= 15 is 0 Å². The SMILES string of the molecule is CC(=O)c1cc2cc(CN)ccc2cc1O. The number of hydrogen-bond acceptors (Lipinski definition) is 3. The Morgan fingerprint density at radius 2 is 2.00 bits per heavy atom. The van der Waals surface area contributed by atoms with Gasteiger partial charge < -0.3 is 10.8 Å². The van der Waals surface area contributed by atoms with Crippen LogP contribution in [0.4, 0.5) is 0 Å². The van der Waals surface area contributed by atoms with E-state index in [9.17, 15) is 9.90 Å². The molecule has 16 heavy (non-hydrogen) atoms. The molecule has 0 aliphatic carbocycles. The number of benzene rings is 2.